The van der Waals surface area contributed by atoms with Crippen LogP contribution in [0.15, 0.2) is 24.3 Å². The molecule has 0 saturated carbocycles. The van der Waals surface area contributed by atoms with Gasteiger partial charge in [-0.15, -0.1) is 0 Å². The summed E-state index contributed by atoms with van der Waals surface area (Å²) < 4.78 is 5.16. The molecule has 1 aromatic rings. The third-order valence-corrected chi connectivity index (χ3v) is 2.39. The molecular formula is C12H16BrNO2. The smallest absolute Gasteiger partial charge is 0.410 e. The number of alkyl halides is 1. The molecule has 0 aromatic heterocycles. The number of amides is 1. The lowest BCUT2D eigenvalue weighted by Gasteiger charge is -2.19. The van der Waals surface area contributed by atoms with E-state index in [0.29, 0.717) is 5.75 Å². The summed E-state index contributed by atoms with van der Waals surface area (Å²) in [5, 5.41) is 3.47. The predicted molar refractivity (Wildman–Crippen MR) is 68.0 cm³/mol. The van der Waals surface area contributed by atoms with E-state index in [-0.39, 0.29) is 5.54 Å². The van der Waals surface area contributed by atoms with Crippen molar-refractivity contribution in [1.29, 1.82) is 0 Å². The maximum absolute atomic E-state index is 11.5. The van der Waals surface area contributed by atoms with E-state index in [1.165, 1.54) is 0 Å². The Labute approximate surface area is 104 Å². The van der Waals surface area contributed by atoms with Crippen molar-refractivity contribution in [3.63, 3.8) is 0 Å². The normalized spacial score (nSPS) is 11.0. The zero-order valence-electron chi connectivity index (χ0n) is 9.71. The number of carbonyl (C=O) groups excluding carboxylic acids is 1. The largest absolute Gasteiger partial charge is 0.413 e. The lowest BCUT2D eigenvalue weighted by Crippen LogP contribution is -2.42. The maximum atomic E-state index is 11.5. The Hall–Kier alpha value is -1.03. The highest BCUT2D eigenvalue weighted by Gasteiger charge is 2.15. The van der Waals surface area contributed by atoms with Gasteiger partial charge in [-0.2, -0.15) is 0 Å². The molecule has 4 heteroatoms. The molecular weight excluding hydrogens is 270 g/mol. The van der Waals surface area contributed by atoms with Crippen molar-refractivity contribution in [2.45, 2.75) is 31.6 Å². The Bertz CT molecular complexity index is 372. The van der Waals surface area contributed by atoms with Crippen LogP contribution in [0.3, 0.4) is 0 Å². The molecule has 0 atom stereocenters. The predicted octanol–water partition coefficient (Wildman–Crippen LogP) is 3.47. The first kappa shape index (κ1) is 13.0. The van der Waals surface area contributed by atoms with Crippen LogP contribution in [0.5, 0.6) is 5.75 Å². The van der Waals surface area contributed by atoms with Crippen molar-refractivity contribution in [2.24, 2.45) is 0 Å². The minimum Gasteiger partial charge on any atom is -0.410 e. The van der Waals surface area contributed by atoms with Crippen LogP contribution in [0.4, 0.5) is 4.79 Å². The van der Waals surface area contributed by atoms with Crippen molar-refractivity contribution in [2.75, 3.05) is 0 Å². The van der Waals surface area contributed by atoms with Gasteiger partial charge in [-0.3, -0.25) is 0 Å². The Kier molecular flexibility index (Phi) is 4.35. The number of halogens is 1. The molecule has 0 aliphatic rings. The van der Waals surface area contributed by atoms with Crippen molar-refractivity contribution >= 4 is 22.0 Å². The molecule has 16 heavy (non-hydrogen) atoms. The van der Waals surface area contributed by atoms with Gasteiger partial charge in [0.25, 0.3) is 0 Å². The standard InChI is InChI=1S/C12H16BrNO2/c1-12(2,3)14-11(15)16-10-6-4-5-9(7-10)8-13/h4-7H,8H2,1-3H3,(H,14,15). The number of hydrogen-bond donors (Lipinski definition) is 1. The zero-order chi connectivity index (χ0) is 12.2. The molecule has 0 heterocycles. The van der Waals surface area contributed by atoms with Gasteiger partial charge in [0.2, 0.25) is 0 Å². The monoisotopic (exact) mass is 285 g/mol. The van der Waals surface area contributed by atoms with E-state index in [9.17, 15) is 4.79 Å². The second kappa shape index (κ2) is 5.34. The van der Waals surface area contributed by atoms with Crippen LogP contribution in [0, 0.1) is 0 Å². The van der Waals surface area contributed by atoms with Gasteiger partial charge in [0.15, 0.2) is 0 Å². The molecule has 0 aliphatic heterocycles. The van der Waals surface area contributed by atoms with Gasteiger partial charge in [-0.25, -0.2) is 4.79 Å². The summed E-state index contributed by atoms with van der Waals surface area (Å²) in [6.07, 6.45) is -0.431. The Morgan fingerprint density at radius 1 is 1.44 bits per heavy atom. The van der Waals surface area contributed by atoms with Crippen LogP contribution in [0.1, 0.15) is 26.3 Å². The number of nitrogens with one attached hydrogen (secondary N) is 1. The first-order valence-electron chi connectivity index (χ1n) is 5.05. The van der Waals surface area contributed by atoms with E-state index >= 15 is 0 Å². The molecule has 0 saturated heterocycles. The molecule has 1 amide bonds. The molecule has 0 unspecified atom stereocenters. The van der Waals surface area contributed by atoms with E-state index in [0.717, 1.165) is 10.9 Å². The van der Waals surface area contributed by atoms with Crippen molar-refractivity contribution < 1.29 is 9.53 Å². The average molecular weight is 286 g/mol. The lowest BCUT2D eigenvalue weighted by molar-refractivity contribution is 0.190. The molecule has 0 aliphatic carbocycles. The van der Waals surface area contributed by atoms with E-state index < -0.39 is 6.09 Å². The molecule has 88 valence electrons. The summed E-state index contributed by atoms with van der Waals surface area (Å²) in [6.45, 7) is 5.72. The number of carbonyl (C=O) groups is 1. The molecule has 1 rings (SSSR count). The van der Waals surface area contributed by atoms with Crippen molar-refractivity contribution in [3.8, 4) is 5.75 Å². The summed E-state index contributed by atoms with van der Waals surface area (Å²) in [5.41, 5.74) is 0.783. The van der Waals surface area contributed by atoms with Gasteiger partial charge in [0.05, 0.1) is 0 Å². The van der Waals surface area contributed by atoms with Gasteiger partial charge in [-0.05, 0) is 38.5 Å². The van der Waals surface area contributed by atoms with E-state index in [1.807, 2.05) is 39.0 Å². The highest BCUT2D eigenvalue weighted by Crippen LogP contribution is 2.15. The fourth-order valence-electron chi connectivity index (χ4n) is 1.13. The fourth-order valence-corrected chi connectivity index (χ4v) is 1.48. The number of hydrogen-bond acceptors (Lipinski definition) is 2. The van der Waals surface area contributed by atoms with Gasteiger partial charge < -0.3 is 10.1 Å². The van der Waals surface area contributed by atoms with E-state index in [2.05, 4.69) is 21.2 Å². The molecule has 3 nitrogen and oxygen atoms in total. The Morgan fingerprint density at radius 2 is 2.12 bits per heavy atom. The van der Waals surface area contributed by atoms with E-state index in [1.54, 1.807) is 6.07 Å². The minimum atomic E-state index is -0.431. The lowest BCUT2D eigenvalue weighted by atomic mass is 10.1. The molecule has 1 aromatic carbocycles. The quantitative estimate of drug-likeness (QED) is 0.845. The second-order valence-electron chi connectivity index (χ2n) is 4.55. The summed E-state index contributed by atoms with van der Waals surface area (Å²) in [5.74, 6) is 0.554. The molecule has 0 fully saturated rings. The van der Waals surface area contributed by atoms with Gasteiger partial charge >= 0.3 is 6.09 Å². The molecule has 0 spiro atoms. The summed E-state index contributed by atoms with van der Waals surface area (Å²) >= 11 is 3.35. The summed E-state index contributed by atoms with van der Waals surface area (Å²) in [6, 6.07) is 7.41. The second-order valence-corrected chi connectivity index (χ2v) is 5.11. The van der Waals surface area contributed by atoms with Crippen LogP contribution >= 0.6 is 15.9 Å². The third-order valence-electron chi connectivity index (χ3n) is 1.74. The molecule has 0 bridgehead atoms. The van der Waals surface area contributed by atoms with Crippen molar-refractivity contribution in [3.05, 3.63) is 29.8 Å². The molecule has 1 N–H and O–H groups in total. The van der Waals surface area contributed by atoms with Crippen LogP contribution < -0.4 is 10.1 Å². The van der Waals surface area contributed by atoms with E-state index in [4.69, 9.17) is 4.74 Å². The summed E-state index contributed by atoms with van der Waals surface area (Å²) in [7, 11) is 0. The van der Waals surface area contributed by atoms with Crippen LogP contribution in [0.2, 0.25) is 0 Å². The first-order valence-corrected chi connectivity index (χ1v) is 6.18. The fraction of sp³-hybridized carbons (Fsp3) is 0.417. The number of benzene rings is 1. The topological polar surface area (TPSA) is 38.3 Å². The SMILES string of the molecule is CC(C)(C)NC(=O)Oc1cccc(CBr)c1. The maximum Gasteiger partial charge on any atom is 0.413 e. The molecule has 0 radical (unpaired) electrons. The van der Waals surface area contributed by atoms with Crippen LogP contribution in [0.25, 0.3) is 0 Å². The van der Waals surface area contributed by atoms with Crippen molar-refractivity contribution in [1.82, 2.24) is 5.32 Å². The van der Waals surface area contributed by atoms with Crippen LogP contribution in [-0.4, -0.2) is 11.6 Å². The van der Waals surface area contributed by atoms with Gasteiger partial charge in [0.1, 0.15) is 5.75 Å². The average Bonchev–Trinajstić information content (AvgIpc) is 2.15. The Balaban J connectivity index is 2.62. The highest BCUT2D eigenvalue weighted by atomic mass is 79.9. The minimum absolute atomic E-state index is 0.288. The third kappa shape index (κ3) is 4.66. The zero-order valence-corrected chi connectivity index (χ0v) is 11.3. The Morgan fingerprint density at radius 3 is 2.69 bits per heavy atom. The van der Waals surface area contributed by atoms with Crippen LogP contribution in [-0.2, 0) is 5.33 Å². The highest BCUT2D eigenvalue weighted by molar-refractivity contribution is 9.08. The number of ether oxygens (including phenoxy) is 1. The first-order chi connectivity index (χ1) is 7.40. The van der Waals surface area contributed by atoms with Gasteiger partial charge in [-0.1, -0.05) is 28.1 Å². The summed E-state index contributed by atoms with van der Waals surface area (Å²) in [4.78, 5) is 11.5. The number of rotatable bonds is 2. The van der Waals surface area contributed by atoms with Gasteiger partial charge in [0, 0.05) is 10.9 Å².